The highest BCUT2D eigenvalue weighted by Crippen LogP contribution is 2.24. The Balaban J connectivity index is 2.03. The fourth-order valence-corrected chi connectivity index (χ4v) is 3.09. The van der Waals surface area contributed by atoms with Crippen molar-refractivity contribution in [3.63, 3.8) is 0 Å². The molecule has 2 aromatic carbocycles. The van der Waals surface area contributed by atoms with E-state index in [0.29, 0.717) is 0 Å². The number of nitro benzene ring substituents is 1. The number of amides is 1. The van der Waals surface area contributed by atoms with Crippen molar-refractivity contribution in [2.24, 2.45) is 0 Å². The monoisotopic (exact) mass is 360 g/mol. The zero-order valence-corrected chi connectivity index (χ0v) is 15.3. The predicted octanol–water partition coefficient (Wildman–Crippen LogP) is 2.53. The van der Waals surface area contributed by atoms with Gasteiger partial charge in [0.05, 0.1) is 17.7 Å². The first-order valence-electron chi connectivity index (χ1n) is 7.92. The SMILES string of the molecule is CSc1ccccc1NC(=O)C[NH+](C)[C@H](C)c1cccc([N+](=O)[O-])c1. The fourth-order valence-electron chi connectivity index (χ4n) is 2.54. The lowest BCUT2D eigenvalue weighted by molar-refractivity contribution is -0.902. The molecule has 2 aromatic rings. The number of nitro groups is 1. The van der Waals surface area contributed by atoms with Gasteiger partial charge in [-0.3, -0.25) is 14.9 Å². The molecule has 0 saturated carbocycles. The maximum atomic E-state index is 12.4. The average Bonchev–Trinajstić information content (AvgIpc) is 2.61. The molecule has 1 unspecified atom stereocenters. The number of carbonyl (C=O) groups excluding carboxylic acids is 1. The lowest BCUT2D eigenvalue weighted by Crippen LogP contribution is -3.10. The van der Waals surface area contributed by atoms with E-state index in [1.54, 1.807) is 23.9 Å². The zero-order valence-electron chi connectivity index (χ0n) is 14.5. The lowest BCUT2D eigenvalue weighted by Gasteiger charge is -2.21. The van der Waals surface area contributed by atoms with Gasteiger partial charge in [0.15, 0.2) is 6.54 Å². The lowest BCUT2D eigenvalue weighted by atomic mass is 10.1. The Hall–Kier alpha value is -2.38. The van der Waals surface area contributed by atoms with Crippen LogP contribution in [0, 0.1) is 10.1 Å². The van der Waals surface area contributed by atoms with Crippen molar-refractivity contribution in [2.45, 2.75) is 17.9 Å². The molecule has 2 atom stereocenters. The van der Waals surface area contributed by atoms with E-state index in [2.05, 4.69) is 5.32 Å². The van der Waals surface area contributed by atoms with Gasteiger partial charge in [-0.05, 0) is 25.3 Å². The molecular formula is C18H22N3O3S+. The van der Waals surface area contributed by atoms with Gasteiger partial charge in [0.2, 0.25) is 0 Å². The van der Waals surface area contributed by atoms with Gasteiger partial charge in [-0.25, -0.2) is 0 Å². The third-order valence-corrected chi connectivity index (χ3v) is 4.94. The van der Waals surface area contributed by atoms with E-state index >= 15 is 0 Å². The van der Waals surface area contributed by atoms with Crippen molar-refractivity contribution < 1.29 is 14.6 Å². The first-order valence-corrected chi connectivity index (χ1v) is 9.14. The van der Waals surface area contributed by atoms with Crippen LogP contribution in [0.5, 0.6) is 0 Å². The van der Waals surface area contributed by atoms with Gasteiger partial charge in [0, 0.05) is 22.6 Å². The summed E-state index contributed by atoms with van der Waals surface area (Å²) in [6.45, 7) is 2.23. The first-order chi connectivity index (χ1) is 11.9. The highest BCUT2D eigenvalue weighted by atomic mass is 32.2. The number of likely N-dealkylation sites (N-methyl/N-ethyl adjacent to an activating group) is 1. The topological polar surface area (TPSA) is 76.7 Å². The minimum atomic E-state index is -0.405. The Morgan fingerprint density at radius 2 is 2.00 bits per heavy atom. The molecule has 25 heavy (non-hydrogen) atoms. The molecule has 0 fully saturated rings. The number of para-hydroxylation sites is 1. The number of thioether (sulfide) groups is 1. The number of hydrogen-bond acceptors (Lipinski definition) is 4. The maximum Gasteiger partial charge on any atom is 0.279 e. The minimum absolute atomic E-state index is 0.0403. The van der Waals surface area contributed by atoms with Gasteiger partial charge in [-0.1, -0.05) is 24.3 Å². The number of quaternary nitrogens is 1. The van der Waals surface area contributed by atoms with Crippen molar-refractivity contribution in [1.29, 1.82) is 0 Å². The molecule has 0 bridgehead atoms. The summed E-state index contributed by atoms with van der Waals surface area (Å²) in [4.78, 5) is 24.8. The quantitative estimate of drug-likeness (QED) is 0.452. The van der Waals surface area contributed by atoms with Crippen LogP contribution in [0.15, 0.2) is 53.4 Å². The van der Waals surface area contributed by atoms with E-state index < -0.39 is 4.92 Å². The highest BCUT2D eigenvalue weighted by molar-refractivity contribution is 7.98. The van der Waals surface area contributed by atoms with Crippen LogP contribution < -0.4 is 10.2 Å². The number of anilines is 1. The Bertz CT molecular complexity index is 767. The molecule has 0 aromatic heterocycles. The summed E-state index contributed by atoms with van der Waals surface area (Å²) >= 11 is 1.58. The van der Waals surface area contributed by atoms with Gasteiger partial charge < -0.3 is 10.2 Å². The van der Waals surface area contributed by atoms with Gasteiger partial charge in [0.25, 0.3) is 11.6 Å². The molecule has 2 rings (SSSR count). The van der Waals surface area contributed by atoms with Gasteiger partial charge in [0.1, 0.15) is 6.04 Å². The van der Waals surface area contributed by atoms with E-state index in [-0.39, 0.29) is 24.2 Å². The van der Waals surface area contributed by atoms with Crippen LogP contribution >= 0.6 is 11.8 Å². The summed E-state index contributed by atoms with van der Waals surface area (Å²) in [5.41, 5.74) is 1.70. The summed E-state index contributed by atoms with van der Waals surface area (Å²) < 4.78 is 0. The standard InChI is InChI=1S/C18H21N3O3S/c1-13(14-7-6-8-15(11-14)21(23)24)20(2)12-18(22)19-16-9-4-5-10-17(16)25-3/h4-11,13H,12H2,1-3H3,(H,19,22)/p+1/t13-/m1/s1. The second kappa shape index (κ2) is 8.64. The molecule has 0 aliphatic heterocycles. The summed E-state index contributed by atoms with van der Waals surface area (Å²) in [7, 11) is 1.91. The molecule has 0 aliphatic rings. The van der Waals surface area contributed by atoms with Gasteiger partial charge >= 0.3 is 0 Å². The third-order valence-electron chi connectivity index (χ3n) is 4.14. The second-order valence-corrected chi connectivity index (χ2v) is 6.69. The third kappa shape index (κ3) is 5.04. The summed E-state index contributed by atoms with van der Waals surface area (Å²) in [6, 6.07) is 14.2. The van der Waals surface area contributed by atoms with E-state index in [1.807, 2.05) is 50.6 Å². The van der Waals surface area contributed by atoms with E-state index in [4.69, 9.17) is 0 Å². The second-order valence-electron chi connectivity index (χ2n) is 5.85. The number of hydrogen-bond donors (Lipinski definition) is 2. The number of non-ortho nitro benzene ring substituents is 1. The molecule has 7 heteroatoms. The molecule has 0 radical (unpaired) electrons. The van der Waals surface area contributed by atoms with E-state index in [0.717, 1.165) is 21.0 Å². The van der Waals surface area contributed by atoms with Crippen LogP contribution in [0.25, 0.3) is 0 Å². The van der Waals surface area contributed by atoms with E-state index in [9.17, 15) is 14.9 Å². The molecule has 0 saturated heterocycles. The number of nitrogens with zero attached hydrogens (tertiary/aromatic N) is 1. The highest BCUT2D eigenvalue weighted by Gasteiger charge is 2.21. The number of nitrogens with one attached hydrogen (secondary N) is 2. The molecule has 6 nitrogen and oxygen atoms in total. The number of rotatable bonds is 7. The molecule has 0 heterocycles. The predicted molar refractivity (Wildman–Crippen MR) is 100 cm³/mol. The largest absolute Gasteiger partial charge is 0.324 e. The smallest absolute Gasteiger partial charge is 0.279 e. The van der Waals surface area contributed by atoms with E-state index in [1.165, 1.54) is 6.07 Å². The van der Waals surface area contributed by atoms with Crippen molar-refractivity contribution in [1.82, 2.24) is 0 Å². The summed E-state index contributed by atoms with van der Waals surface area (Å²) in [5.74, 6) is -0.0868. The van der Waals surface area contributed by atoms with Crippen LogP contribution in [-0.2, 0) is 4.79 Å². The molecule has 132 valence electrons. The Morgan fingerprint density at radius 3 is 2.68 bits per heavy atom. The average molecular weight is 360 g/mol. The van der Waals surface area contributed by atoms with Crippen molar-refractivity contribution in [2.75, 3.05) is 25.2 Å². The van der Waals surface area contributed by atoms with Crippen molar-refractivity contribution in [3.8, 4) is 0 Å². The Kier molecular flexibility index (Phi) is 6.55. The van der Waals surface area contributed by atoms with Crippen molar-refractivity contribution in [3.05, 3.63) is 64.2 Å². The number of carbonyl (C=O) groups is 1. The number of benzene rings is 2. The summed E-state index contributed by atoms with van der Waals surface area (Å²) in [6.07, 6.45) is 1.97. The maximum absolute atomic E-state index is 12.4. The van der Waals surface area contributed by atoms with Crippen LogP contribution in [0.1, 0.15) is 18.5 Å². The van der Waals surface area contributed by atoms with Crippen LogP contribution in [0.2, 0.25) is 0 Å². The van der Waals surface area contributed by atoms with Gasteiger partial charge in [-0.2, -0.15) is 0 Å². The minimum Gasteiger partial charge on any atom is -0.324 e. The van der Waals surface area contributed by atoms with Crippen LogP contribution in [0.3, 0.4) is 0 Å². The Morgan fingerprint density at radius 1 is 1.28 bits per heavy atom. The molecule has 2 N–H and O–H groups in total. The fraction of sp³-hybridized carbons (Fsp3) is 0.278. The first kappa shape index (κ1) is 19.0. The normalized spacial score (nSPS) is 13.1. The zero-order chi connectivity index (χ0) is 18.4. The van der Waals surface area contributed by atoms with Crippen LogP contribution in [0.4, 0.5) is 11.4 Å². The molecule has 1 amide bonds. The van der Waals surface area contributed by atoms with Gasteiger partial charge in [-0.15, -0.1) is 11.8 Å². The molecule has 0 aliphatic carbocycles. The van der Waals surface area contributed by atoms with Crippen molar-refractivity contribution >= 4 is 29.0 Å². The summed E-state index contributed by atoms with van der Waals surface area (Å²) in [5, 5.41) is 13.9. The Labute approximate surface area is 151 Å². The molecule has 0 spiro atoms. The molecular weight excluding hydrogens is 338 g/mol. The van der Waals surface area contributed by atoms with Crippen LogP contribution in [-0.4, -0.2) is 30.7 Å².